The van der Waals surface area contributed by atoms with E-state index in [0.717, 1.165) is 16.8 Å². The summed E-state index contributed by atoms with van der Waals surface area (Å²) in [5, 5.41) is 17.6. The van der Waals surface area contributed by atoms with Crippen LogP contribution in [0.25, 0.3) is 5.69 Å². The second kappa shape index (κ2) is 8.87. The van der Waals surface area contributed by atoms with Crippen molar-refractivity contribution < 1.29 is 9.59 Å². The number of amides is 2. The molecular formula is C20H22N6O2S. The van der Waals surface area contributed by atoms with Gasteiger partial charge in [-0.3, -0.25) is 9.59 Å². The fourth-order valence-electron chi connectivity index (χ4n) is 2.65. The van der Waals surface area contributed by atoms with Crippen LogP contribution < -0.4 is 10.6 Å². The molecule has 8 nitrogen and oxygen atoms in total. The summed E-state index contributed by atoms with van der Waals surface area (Å²) in [4.78, 5) is 24.0. The number of thioether (sulfide) groups is 1. The Kier molecular flexibility index (Phi) is 6.28. The summed E-state index contributed by atoms with van der Waals surface area (Å²) >= 11 is 1.26. The van der Waals surface area contributed by atoms with Crippen LogP contribution in [0.4, 0.5) is 11.4 Å². The number of hydrogen-bond acceptors (Lipinski definition) is 6. The predicted octanol–water partition coefficient (Wildman–Crippen LogP) is 3.36. The van der Waals surface area contributed by atoms with E-state index < -0.39 is 5.25 Å². The lowest BCUT2D eigenvalue weighted by molar-refractivity contribution is -0.115. The van der Waals surface area contributed by atoms with Gasteiger partial charge in [0.1, 0.15) is 0 Å². The van der Waals surface area contributed by atoms with E-state index in [1.54, 1.807) is 25.1 Å². The molecule has 2 amide bonds. The molecule has 0 radical (unpaired) electrons. The number of nitrogens with zero attached hydrogens (tertiary/aromatic N) is 4. The maximum atomic E-state index is 12.7. The van der Waals surface area contributed by atoms with E-state index in [1.807, 2.05) is 38.1 Å². The largest absolute Gasteiger partial charge is 0.326 e. The topological polar surface area (TPSA) is 102 Å². The van der Waals surface area contributed by atoms with Gasteiger partial charge in [0.05, 0.1) is 10.9 Å². The number of carbonyl (C=O) groups excluding carboxylic acids is 2. The molecule has 2 N–H and O–H groups in total. The molecule has 0 bridgehead atoms. The lowest BCUT2D eigenvalue weighted by Gasteiger charge is -2.14. The van der Waals surface area contributed by atoms with E-state index in [9.17, 15) is 9.59 Å². The summed E-state index contributed by atoms with van der Waals surface area (Å²) < 4.78 is 1.54. The molecule has 29 heavy (non-hydrogen) atoms. The Labute approximate surface area is 173 Å². The Balaban J connectivity index is 1.75. The zero-order valence-electron chi connectivity index (χ0n) is 16.6. The van der Waals surface area contributed by atoms with Crippen LogP contribution >= 0.6 is 11.8 Å². The van der Waals surface area contributed by atoms with E-state index in [-0.39, 0.29) is 11.8 Å². The minimum Gasteiger partial charge on any atom is -0.326 e. The first-order valence-corrected chi connectivity index (χ1v) is 9.92. The summed E-state index contributed by atoms with van der Waals surface area (Å²) in [6.07, 6.45) is 0. The first-order chi connectivity index (χ1) is 13.8. The summed E-state index contributed by atoms with van der Waals surface area (Å²) in [6, 6.07) is 13.1. The fourth-order valence-corrected chi connectivity index (χ4v) is 3.46. The van der Waals surface area contributed by atoms with Crippen molar-refractivity contribution in [3.8, 4) is 5.69 Å². The number of hydrogen-bond donors (Lipinski definition) is 2. The van der Waals surface area contributed by atoms with E-state index in [4.69, 9.17) is 0 Å². The molecule has 0 aliphatic rings. The van der Waals surface area contributed by atoms with Crippen molar-refractivity contribution in [1.29, 1.82) is 0 Å². The Bertz CT molecular complexity index is 1050. The monoisotopic (exact) mass is 410 g/mol. The standard InChI is InChI=1S/C20H22N6O2S/c1-12-8-9-13(2)18(10-12)22-19(28)14(3)29-20-23-24-25-26(20)17-7-5-6-16(11-17)21-15(4)27/h5-11,14H,1-4H3,(H,21,27)(H,22,28)/t14-/m0/s1. The Morgan fingerprint density at radius 2 is 1.90 bits per heavy atom. The Morgan fingerprint density at radius 3 is 2.66 bits per heavy atom. The number of anilines is 2. The zero-order valence-corrected chi connectivity index (χ0v) is 17.4. The van der Waals surface area contributed by atoms with Crippen molar-refractivity contribution in [3.63, 3.8) is 0 Å². The van der Waals surface area contributed by atoms with Crippen molar-refractivity contribution in [2.75, 3.05) is 10.6 Å². The van der Waals surface area contributed by atoms with Gasteiger partial charge >= 0.3 is 0 Å². The van der Waals surface area contributed by atoms with Gasteiger partial charge in [-0.25, -0.2) is 0 Å². The second-order valence-corrected chi connectivity index (χ2v) is 7.98. The highest BCUT2D eigenvalue weighted by atomic mass is 32.2. The molecule has 150 valence electrons. The summed E-state index contributed by atoms with van der Waals surface area (Å²) in [5.74, 6) is -0.296. The second-order valence-electron chi connectivity index (χ2n) is 6.67. The molecule has 1 atom stereocenters. The van der Waals surface area contributed by atoms with Crippen molar-refractivity contribution in [1.82, 2.24) is 20.2 Å². The number of benzene rings is 2. The number of rotatable bonds is 6. The van der Waals surface area contributed by atoms with Crippen LogP contribution in [-0.2, 0) is 9.59 Å². The van der Waals surface area contributed by atoms with Gasteiger partial charge in [-0.05, 0) is 66.6 Å². The minimum absolute atomic E-state index is 0.134. The number of aromatic nitrogens is 4. The Hall–Kier alpha value is -3.20. The van der Waals surface area contributed by atoms with E-state index in [0.29, 0.717) is 16.5 Å². The summed E-state index contributed by atoms with van der Waals surface area (Å²) in [7, 11) is 0. The van der Waals surface area contributed by atoms with Gasteiger partial charge in [0.15, 0.2) is 0 Å². The average Bonchev–Trinajstić information content (AvgIpc) is 3.12. The number of aryl methyl sites for hydroxylation is 2. The van der Waals surface area contributed by atoms with Crippen molar-refractivity contribution in [2.45, 2.75) is 38.1 Å². The maximum Gasteiger partial charge on any atom is 0.237 e. The van der Waals surface area contributed by atoms with Gasteiger partial charge in [0, 0.05) is 18.3 Å². The third-order valence-corrected chi connectivity index (χ3v) is 5.19. The molecule has 2 aromatic carbocycles. The number of carbonyl (C=O) groups is 2. The minimum atomic E-state index is -0.418. The molecule has 3 rings (SSSR count). The maximum absolute atomic E-state index is 12.7. The third-order valence-electron chi connectivity index (χ3n) is 4.15. The molecule has 9 heteroatoms. The number of nitrogens with one attached hydrogen (secondary N) is 2. The normalized spacial score (nSPS) is 11.7. The van der Waals surface area contributed by atoms with Crippen molar-refractivity contribution >= 4 is 35.0 Å². The smallest absolute Gasteiger partial charge is 0.237 e. The van der Waals surface area contributed by atoms with Gasteiger partial charge in [-0.2, -0.15) is 4.68 Å². The summed E-state index contributed by atoms with van der Waals surface area (Å²) in [6.45, 7) is 7.19. The molecule has 0 unspecified atom stereocenters. The third kappa shape index (κ3) is 5.20. The molecule has 0 saturated carbocycles. The van der Waals surface area contributed by atoms with Crippen LogP contribution in [0.5, 0.6) is 0 Å². The van der Waals surface area contributed by atoms with Gasteiger partial charge in [-0.1, -0.05) is 30.0 Å². The van der Waals surface area contributed by atoms with Crippen molar-refractivity contribution in [2.24, 2.45) is 0 Å². The molecule has 0 fully saturated rings. The van der Waals surface area contributed by atoms with Crippen LogP contribution in [0.15, 0.2) is 47.6 Å². The van der Waals surface area contributed by atoms with E-state index >= 15 is 0 Å². The van der Waals surface area contributed by atoms with Crippen LogP contribution in [-0.4, -0.2) is 37.3 Å². The molecule has 0 spiro atoms. The average molecular weight is 411 g/mol. The highest BCUT2D eigenvalue weighted by Crippen LogP contribution is 2.25. The molecule has 1 aromatic heterocycles. The SMILES string of the molecule is CC(=O)Nc1cccc(-n2nnnc2S[C@@H](C)C(=O)Nc2cc(C)ccc2C)c1. The molecular weight excluding hydrogens is 388 g/mol. The van der Waals surface area contributed by atoms with Gasteiger partial charge in [0.25, 0.3) is 0 Å². The molecule has 0 aliphatic heterocycles. The van der Waals surface area contributed by atoms with Crippen LogP contribution in [0.1, 0.15) is 25.0 Å². The van der Waals surface area contributed by atoms with Crippen molar-refractivity contribution in [3.05, 3.63) is 53.6 Å². The zero-order chi connectivity index (χ0) is 21.0. The van der Waals surface area contributed by atoms with Crippen LogP contribution in [0, 0.1) is 13.8 Å². The number of tetrazole rings is 1. The van der Waals surface area contributed by atoms with Crippen LogP contribution in [0.2, 0.25) is 0 Å². The molecule has 0 aliphatic carbocycles. The van der Waals surface area contributed by atoms with Crippen LogP contribution in [0.3, 0.4) is 0 Å². The molecule has 3 aromatic rings. The van der Waals surface area contributed by atoms with E-state index in [1.165, 1.54) is 23.4 Å². The quantitative estimate of drug-likeness (QED) is 0.604. The highest BCUT2D eigenvalue weighted by molar-refractivity contribution is 8.00. The molecule has 0 saturated heterocycles. The highest BCUT2D eigenvalue weighted by Gasteiger charge is 2.20. The molecule has 1 heterocycles. The van der Waals surface area contributed by atoms with Gasteiger partial charge < -0.3 is 10.6 Å². The first-order valence-electron chi connectivity index (χ1n) is 9.04. The fraction of sp³-hybridized carbons (Fsp3) is 0.250. The van der Waals surface area contributed by atoms with Gasteiger partial charge in [0.2, 0.25) is 17.0 Å². The van der Waals surface area contributed by atoms with E-state index in [2.05, 4.69) is 26.2 Å². The Morgan fingerprint density at radius 1 is 1.10 bits per heavy atom. The lowest BCUT2D eigenvalue weighted by Crippen LogP contribution is -2.23. The lowest BCUT2D eigenvalue weighted by atomic mass is 10.1. The first kappa shape index (κ1) is 20.5. The summed E-state index contributed by atoms with van der Waals surface area (Å²) in [5.41, 5.74) is 4.20. The predicted molar refractivity (Wildman–Crippen MR) is 113 cm³/mol. The van der Waals surface area contributed by atoms with Gasteiger partial charge in [-0.15, -0.1) is 5.10 Å².